The molecule has 0 saturated carbocycles. The van der Waals surface area contributed by atoms with Crippen molar-refractivity contribution in [3.05, 3.63) is 12.2 Å². The normalized spacial score (nSPS) is 19.9. The Balaban J connectivity index is 0.000000265. The van der Waals surface area contributed by atoms with E-state index in [4.69, 9.17) is 16.3 Å². The van der Waals surface area contributed by atoms with Crippen LogP contribution < -0.4 is 0 Å². The fourth-order valence-corrected chi connectivity index (χ4v) is 2.89. The number of halogens is 1. The fraction of sp³-hybridized carbons (Fsp3) is 0.833. The van der Waals surface area contributed by atoms with Crippen LogP contribution in [-0.4, -0.2) is 37.1 Å². The van der Waals surface area contributed by atoms with Crippen molar-refractivity contribution in [2.45, 2.75) is 33.3 Å². The standard InChI is InChI=1S/C6H9ClO.C6H15P/c7-5-6-3-1-2-4-8-6;1-4-7(5-2)6-3/h1,3,6H,2,4-5H2;4-6H2,1-3H3. The Labute approximate surface area is 101 Å². The Bertz CT molecular complexity index is 152. The zero-order chi connectivity index (χ0) is 11.5. The van der Waals surface area contributed by atoms with Crippen molar-refractivity contribution >= 4 is 19.5 Å². The van der Waals surface area contributed by atoms with Gasteiger partial charge >= 0.3 is 0 Å². The SMILES string of the molecule is CCP(CC)CC.ClCC1C=CCCO1. The van der Waals surface area contributed by atoms with Crippen molar-refractivity contribution in [1.82, 2.24) is 0 Å². The second kappa shape index (κ2) is 10.9. The minimum Gasteiger partial charge on any atom is -0.373 e. The number of ether oxygens (including phenoxy) is 1. The molecule has 0 aliphatic carbocycles. The quantitative estimate of drug-likeness (QED) is 0.415. The van der Waals surface area contributed by atoms with Crippen molar-refractivity contribution in [2.24, 2.45) is 0 Å². The van der Waals surface area contributed by atoms with Crippen molar-refractivity contribution in [3.63, 3.8) is 0 Å². The third kappa shape index (κ3) is 8.25. The summed E-state index contributed by atoms with van der Waals surface area (Å²) >= 11 is 5.50. The van der Waals surface area contributed by atoms with E-state index in [2.05, 4.69) is 26.8 Å². The van der Waals surface area contributed by atoms with Crippen LogP contribution in [-0.2, 0) is 4.74 Å². The molecule has 1 rings (SSSR count). The molecule has 1 nitrogen and oxygen atoms in total. The summed E-state index contributed by atoms with van der Waals surface area (Å²) < 4.78 is 5.21. The molecule has 0 fully saturated rings. The Morgan fingerprint density at radius 3 is 2.07 bits per heavy atom. The molecule has 15 heavy (non-hydrogen) atoms. The number of hydrogen-bond donors (Lipinski definition) is 0. The first-order valence-electron chi connectivity index (χ1n) is 5.84. The van der Waals surface area contributed by atoms with Gasteiger partial charge in [-0.3, -0.25) is 0 Å². The molecule has 0 radical (unpaired) electrons. The van der Waals surface area contributed by atoms with Gasteiger partial charge in [-0.25, -0.2) is 0 Å². The summed E-state index contributed by atoms with van der Waals surface area (Å²) in [6.45, 7) is 7.70. The van der Waals surface area contributed by atoms with E-state index < -0.39 is 0 Å². The molecule has 0 amide bonds. The van der Waals surface area contributed by atoms with Crippen molar-refractivity contribution in [2.75, 3.05) is 31.0 Å². The van der Waals surface area contributed by atoms with Crippen LogP contribution in [0.2, 0.25) is 0 Å². The maximum absolute atomic E-state index is 5.50. The van der Waals surface area contributed by atoms with E-state index in [1.807, 2.05) is 6.08 Å². The molecule has 0 N–H and O–H groups in total. The van der Waals surface area contributed by atoms with Gasteiger partial charge in [0.25, 0.3) is 0 Å². The topological polar surface area (TPSA) is 9.23 Å². The van der Waals surface area contributed by atoms with Crippen LogP contribution in [0.5, 0.6) is 0 Å². The summed E-state index contributed by atoms with van der Waals surface area (Å²) in [6, 6.07) is 0. The number of rotatable bonds is 4. The lowest BCUT2D eigenvalue weighted by Gasteiger charge is -2.13. The van der Waals surface area contributed by atoms with Crippen LogP contribution >= 0.6 is 19.5 Å². The molecule has 1 unspecified atom stereocenters. The van der Waals surface area contributed by atoms with Crippen molar-refractivity contribution < 1.29 is 4.74 Å². The number of alkyl halides is 1. The largest absolute Gasteiger partial charge is 0.373 e. The molecule has 1 aliphatic rings. The van der Waals surface area contributed by atoms with Gasteiger partial charge in [0, 0.05) is 0 Å². The highest BCUT2D eigenvalue weighted by Crippen LogP contribution is 2.32. The Kier molecular flexibility index (Phi) is 11.2. The Morgan fingerprint density at radius 2 is 1.87 bits per heavy atom. The third-order valence-electron chi connectivity index (χ3n) is 2.46. The van der Waals surface area contributed by atoms with Gasteiger partial charge < -0.3 is 4.74 Å². The van der Waals surface area contributed by atoms with Crippen LogP contribution in [0.15, 0.2) is 12.2 Å². The minimum absolute atomic E-state index is 0.172. The van der Waals surface area contributed by atoms with E-state index in [0.717, 1.165) is 13.0 Å². The first-order valence-corrected chi connectivity index (χ1v) is 8.28. The van der Waals surface area contributed by atoms with Gasteiger partial charge in [0.1, 0.15) is 0 Å². The Hall–Kier alpha value is 0.420. The average molecular weight is 251 g/mol. The predicted octanol–water partition coefficient (Wildman–Crippen LogP) is 4.10. The van der Waals surface area contributed by atoms with E-state index in [1.54, 1.807) is 0 Å². The Morgan fingerprint density at radius 1 is 1.27 bits per heavy atom. The first-order chi connectivity index (χ1) is 7.28. The van der Waals surface area contributed by atoms with E-state index in [1.165, 1.54) is 18.5 Å². The summed E-state index contributed by atoms with van der Waals surface area (Å²) in [4.78, 5) is 0. The molecule has 0 spiro atoms. The second-order valence-electron chi connectivity index (χ2n) is 3.40. The van der Waals surface area contributed by atoms with Crippen molar-refractivity contribution in [3.8, 4) is 0 Å². The van der Waals surface area contributed by atoms with Gasteiger partial charge in [-0.1, -0.05) is 32.9 Å². The maximum Gasteiger partial charge on any atom is 0.0891 e. The summed E-state index contributed by atoms with van der Waals surface area (Å²) in [7, 11) is 0.446. The van der Waals surface area contributed by atoms with E-state index in [0.29, 0.717) is 13.8 Å². The minimum atomic E-state index is 0.172. The molecule has 0 aromatic carbocycles. The van der Waals surface area contributed by atoms with Crippen LogP contribution in [0.3, 0.4) is 0 Å². The summed E-state index contributed by atoms with van der Waals surface area (Å²) in [5.74, 6) is 0.580. The smallest absolute Gasteiger partial charge is 0.0891 e. The molecular weight excluding hydrogens is 227 g/mol. The molecular formula is C12H24ClOP. The van der Waals surface area contributed by atoms with Gasteiger partial charge in [-0.15, -0.1) is 19.5 Å². The van der Waals surface area contributed by atoms with E-state index in [9.17, 15) is 0 Å². The summed E-state index contributed by atoms with van der Waals surface area (Å²) in [5.41, 5.74) is 0. The van der Waals surface area contributed by atoms with Crippen LogP contribution in [0.1, 0.15) is 27.2 Å². The highest BCUT2D eigenvalue weighted by atomic mass is 35.5. The van der Waals surface area contributed by atoms with Gasteiger partial charge in [-0.2, -0.15) is 0 Å². The summed E-state index contributed by atoms with van der Waals surface area (Å²) in [5, 5.41) is 0. The maximum atomic E-state index is 5.50. The summed E-state index contributed by atoms with van der Waals surface area (Å²) in [6.07, 6.45) is 9.58. The lowest BCUT2D eigenvalue weighted by Crippen LogP contribution is -2.15. The zero-order valence-electron chi connectivity index (χ0n) is 10.2. The molecule has 1 heterocycles. The van der Waals surface area contributed by atoms with Crippen molar-refractivity contribution in [1.29, 1.82) is 0 Å². The molecule has 0 bridgehead atoms. The fourth-order valence-electron chi connectivity index (χ4n) is 1.36. The lowest BCUT2D eigenvalue weighted by molar-refractivity contribution is 0.0946. The molecule has 90 valence electrons. The van der Waals surface area contributed by atoms with E-state index in [-0.39, 0.29) is 6.10 Å². The van der Waals surface area contributed by atoms with Gasteiger partial charge in [0.2, 0.25) is 0 Å². The lowest BCUT2D eigenvalue weighted by atomic mass is 10.2. The van der Waals surface area contributed by atoms with Crippen LogP contribution in [0.4, 0.5) is 0 Å². The molecule has 3 heteroatoms. The molecule has 1 atom stereocenters. The molecule has 0 aromatic heterocycles. The molecule has 0 saturated heterocycles. The third-order valence-corrected chi connectivity index (χ3v) is 5.45. The predicted molar refractivity (Wildman–Crippen MR) is 72.8 cm³/mol. The van der Waals surface area contributed by atoms with Gasteiger partial charge in [-0.05, 0) is 24.9 Å². The van der Waals surface area contributed by atoms with Crippen LogP contribution in [0, 0.1) is 0 Å². The number of hydrogen-bond acceptors (Lipinski definition) is 1. The highest BCUT2D eigenvalue weighted by Gasteiger charge is 2.04. The highest BCUT2D eigenvalue weighted by molar-refractivity contribution is 7.57. The average Bonchev–Trinajstić information content (AvgIpc) is 2.33. The first kappa shape index (κ1) is 15.4. The monoisotopic (exact) mass is 250 g/mol. The zero-order valence-corrected chi connectivity index (χ0v) is 11.9. The van der Waals surface area contributed by atoms with Gasteiger partial charge in [0.05, 0.1) is 18.6 Å². The molecule has 0 aromatic rings. The second-order valence-corrected chi connectivity index (χ2v) is 6.95. The van der Waals surface area contributed by atoms with Crippen LogP contribution in [0.25, 0.3) is 0 Å². The van der Waals surface area contributed by atoms with Gasteiger partial charge in [0.15, 0.2) is 0 Å². The van der Waals surface area contributed by atoms with E-state index >= 15 is 0 Å². The molecule has 1 aliphatic heterocycles.